The van der Waals surface area contributed by atoms with Gasteiger partial charge in [0.15, 0.2) is 6.10 Å². The second-order valence-electron chi connectivity index (χ2n) is 4.54. The van der Waals surface area contributed by atoms with E-state index in [4.69, 9.17) is 9.84 Å². The van der Waals surface area contributed by atoms with Gasteiger partial charge in [-0.25, -0.2) is 14.0 Å². The number of aryl methyl sites for hydroxylation is 1. The Morgan fingerprint density at radius 2 is 2.25 bits per heavy atom. The molecule has 1 saturated heterocycles. The van der Waals surface area contributed by atoms with E-state index in [2.05, 4.69) is 5.32 Å². The van der Waals surface area contributed by atoms with Crippen LogP contribution in [0.1, 0.15) is 5.56 Å². The zero-order valence-corrected chi connectivity index (χ0v) is 10.9. The summed E-state index contributed by atoms with van der Waals surface area (Å²) in [6.07, 6.45) is -1.02. The second-order valence-corrected chi connectivity index (χ2v) is 4.54. The lowest BCUT2D eigenvalue weighted by molar-refractivity contribution is -0.154. The zero-order chi connectivity index (χ0) is 14.7. The monoisotopic (exact) mass is 282 g/mol. The third-order valence-corrected chi connectivity index (χ3v) is 3.05. The lowest BCUT2D eigenvalue weighted by Gasteiger charge is -2.30. The largest absolute Gasteiger partial charge is 0.479 e. The summed E-state index contributed by atoms with van der Waals surface area (Å²) < 4.78 is 18.4. The average Bonchev–Trinajstić information content (AvgIpc) is 2.43. The van der Waals surface area contributed by atoms with Crippen molar-refractivity contribution in [2.24, 2.45) is 0 Å². The molecule has 1 aromatic carbocycles. The van der Waals surface area contributed by atoms with E-state index in [1.54, 1.807) is 19.1 Å². The Bertz CT molecular complexity index is 535. The number of aliphatic carboxylic acids is 1. The van der Waals surface area contributed by atoms with E-state index in [1.165, 1.54) is 11.0 Å². The molecule has 1 atom stereocenters. The first-order chi connectivity index (χ1) is 9.47. The summed E-state index contributed by atoms with van der Waals surface area (Å²) in [5.74, 6) is -1.52. The fourth-order valence-electron chi connectivity index (χ4n) is 1.86. The van der Waals surface area contributed by atoms with Crippen LogP contribution < -0.4 is 5.32 Å². The highest BCUT2D eigenvalue weighted by molar-refractivity contribution is 5.89. The molecule has 1 unspecified atom stereocenters. The van der Waals surface area contributed by atoms with Crippen molar-refractivity contribution in [1.82, 2.24) is 4.90 Å². The Morgan fingerprint density at radius 3 is 2.90 bits per heavy atom. The van der Waals surface area contributed by atoms with Crippen molar-refractivity contribution in [3.8, 4) is 0 Å². The van der Waals surface area contributed by atoms with E-state index in [0.717, 1.165) is 0 Å². The molecule has 1 heterocycles. The van der Waals surface area contributed by atoms with E-state index < -0.39 is 23.9 Å². The van der Waals surface area contributed by atoms with Crippen molar-refractivity contribution >= 4 is 17.7 Å². The number of urea groups is 1. The number of carbonyl (C=O) groups is 2. The molecule has 2 amide bonds. The van der Waals surface area contributed by atoms with Gasteiger partial charge in [-0.2, -0.15) is 0 Å². The van der Waals surface area contributed by atoms with Gasteiger partial charge in [-0.05, 0) is 24.6 Å². The number of carboxylic acids is 1. The van der Waals surface area contributed by atoms with Gasteiger partial charge in [0.05, 0.1) is 13.2 Å². The summed E-state index contributed by atoms with van der Waals surface area (Å²) in [6.45, 7) is 2.05. The number of carboxylic acid groups (broad SMARTS) is 1. The van der Waals surface area contributed by atoms with Crippen LogP contribution in [-0.2, 0) is 9.53 Å². The number of benzene rings is 1. The highest BCUT2D eigenvalue weighted by atomic mass is 19.1. The van der Waals surface area contributed by atoms with Gasteiger partial charge in [-0.1, -0.05) is 6.07 Å². The Hall–Kier alpha value is -2.15. The maximum Gasteiger partial charge on any atom is 0.334 e. The first-order valence-corrected chi connectivity index (χ1v) is 6.14. The first kappa shape index (κ1) is 14.3. The Balaban J connectivity index is 2.00. The molecular formula is C13H15FN2O4. The van der Waals surface area contributed by atoms with Crippen molar-refractivity contribution in [3.63, 3.8) is 0 Å². The smallest absolute Gasteiger partial charge is 0.334 e. The van der Waals surface area contributed by atoms with Crippen molar-refractivity contribution in [1.29, 1.82) is 0 Å². The molecule has 0 spiro atoms. The van der Waals surface area contributed by atoms with Crippen molar-refractivity contribution in [2.75, 3.05) is 25.0 Å². The molecule has 2 N–H and O–H groups in total. The van der Waals surface area contributed by atoms with Crippen LogP contribution in [0.3, 0.4) is 0 Å². The topological polar surface area (TPSA) is 78.9 Å². The number of nitrogens with one attached hydrogen (secondary N) is 1. The number of hydrogen-bond donors (Lipinski definition) is 2. The molecule has 2 rings (SSSR count). The lowest BCUT2D eigenvalue weighted by atomic mass is 10.2. The molecule has 0 aromatic heterocycles. The van der Waals surface area contributed by atoms with E-state index in [9.17, 15) is 14.0 Å². The van der Waals surface area contributed by atoms with Crippen LogP contribution in [0.2, 0.25) is 0 Å². The minimum Gasteiger partial charge on any atom is -0.479 e. The van der Waals surface area contributed by atoms with Gasteiger partial charge in [0.2, 0.25) is 0 Å². The van der Waals surface area contributed by atoms with Crippen LogP contribution in [0.4, 0.5) is 14.9 Å². The Labute approximate surface area is 115 Å². The summed E-state index contributed by atoms with van der Waals surface area (Å²) in [5.41, 5.74) is 0.816. The highest BCUT2D eigenvalue weighted by Crippen LogP contribution is 2.15. The van der Waals surface area contributed by atoms with E-state index in [1.807, 2.05) is 0 Å². The number of hydrogen-bond acceptors (Lipinski definition) is 3. The number of nitrogens with zero attached hydrogens (tertiary/aromatic N) is 1. The van der Waals surface area contributed by atoms with E-state index in [-0.39, 0.29) is 13.2 Å². The number of anilines is 1. The molecule has 108 valence electrons. The molecule has 6 nitrogen and oxygen atoms in total. The fourth-order valence-corrected chi connectivity index (χ4v) is 1.86. The number of carbonyl (C=O) groups excluding carboxylic acids is 1. The van der Waals surface area contributed by atoms with Crippen LogP contribution >= 0.6 is 0 Å². The number of halogens is 1. The van der Waals surface area contributed by atoms with Gasteiger partial charge in [0, 0.05) is 12.2 Å². The minimum absolute atomic E-state index is 0.0322. The summed E-state index contributed by atoms with van der Waals surface area (Å²) in [6, 6.07) is 3.90. The van der Waals surface area contributed by atoms with Gasteiger partial charge in [-0.3, -0.25) is 0 Å². The molecular weight excluding hydrogens is 267 g/mol. The minimum atomic E-state index is -1.11. The molecule has 20 heavy (non-hydrogen) atoms. The molecule has 1 aliphatic rings. The number of rotatable bonds is 2. The van der Waals surface area contributed by atoms with Crippen LogP contribution in [0.25, 0.3) is 0 Å². The maximum atomic E-state index is 13.4. The SMILES string of the molecule is Cc1ccc(NC(=O)N2CCOC(C(=O)O)C2)cc1F. The predicted molar refractivity (Wildman–Crippen MR) is 69.1 cm³/mol. The van der Waals surface area contributed by atoms with Crippen LogP contribution in [0, 0.1) is 12.7 Å². The molecule has 1 aromatic rings. The maximum absolute atomic E-state index is 13.4. The fraction of sp³-hybridized carbons (Fsp3) is 0.385. The summed E-state index contributed by atoms with van der Waals surface area (Å²) >= 11 is 0. The molecule has 0 bridgehead atoms. The van der Waals surface area contributed by atoms with E-state index >= 15 is 0 Å². The molecule has 0 aliphatic carbocycles. The lowest BCUT2D eigenvalue weighted by Crippen LogP contribution is -2.49. The molecule has 7 heteroatoms. The zero-order valence-electron chi connectivity index (χ0n) is 10.9. The predicted octanol–water partition coefficient (Wildman–Crippen LogP) is 1.45. The summed E-state index contributed by atoms with van der Waals surface area (Å²) in [4.78, 5) is 24.1. The van der Waals surface area contributed by atoms with Crippen LogP contribution in [0.5, 0.6) is 0 Å². The standard InChI is InChI=1S/C13H15FN2O4/c1-8-2-3-9(6-10(8)14)15-13(19)16-4-5-20-11(7-16)12(17)18/h2-3,6,11H,4-5,7H2,1H3,(H,15,19)(H,17,18). The first-order valence-electron chi connectivity index (χ1n) is 6.14. The summed E-state index contributed by atoms with van der Waals surface area (Å²) in [5, 5.41) is 11.4. The molecule has 0 saturated carbocycles. The number of amides is 2. The Kier molecular flexibility index (Phi) is 4.19. The average molecular weight is 282 g/mol. The van der Waals surface area contributed by atoms with Crippen molar-refractivity contribution in [2.45, 2.75) is 13.0 Å². The third-order valence-electron chi connectivity index (χ3n) is 3.05. The normalized spacial score (nSPS) is 18.7. The van der Waals surface area contributed by atoms with Gasteiger partial charge >= 0.3 is 12.0 Å². The summed E-state index contributed by atoms with van der Waals surface area (Å²) in [7, 11) is 0. The van der Waals surface area contributed by atoms with E-state index in [0.29, 0.717) is 17.8 Å². The van der Waals surface area contributed by atoms with Crippen LogP contribution in [-0.4, -0.2) is 47.8 Å². The number of morpholine rings is 1. The highest BCUT2D eigenvalue weighted by Gasteiger charge is 2.28. The number of ether oxygens (including phenoxy) is 1. The third kappa shape index (κ3) is 3.24. The Morgan fingerprint density at radius 1 is 1.50 bits per heavy atom. The molecule has 1 aliphatic heterocycles. The second kappa shape index (κ2) is 5.87. The molecule has 0 radical (unpaired) electrons. The van der Waals surface area contributed by atoms with Crippen LogP contribution in [0.15, 0.2) is 18.2 Å². The van der Waals surface area contributed by atoms with Gasteiger partial charge < -0.3 is 20.1 Å². The van der Waals surface area contributed by atoms with Crippen molar-refractivity contribution < 1.29 is 23.8 Å². The molecule has 1 fully saturated rings. The van der Waals surface area contributed by atoms with Crippen molar-refractivity contribution in [3.05, 3.63) is 29.6 Å². The van der Waals surface area contributed by atoms with Gasteiger partial charge in [-0.15, -0.1) is 0 Å². The quantitative estimate of drug-likeness (QED) is 0.860. The van der Waals surface area contributed by atoms with Gasteiger partial charge in [0.1, 0.15) is 5.82 Å². The van der Waals surface area contributed by atoms with Gasteiger partial charge in [0.25, 0.3) is 0 Å².